The highest BCUT2D eigenvalue weighted by Gasteiger charge is 2.27. The van der Waals surface area contributed by atoms with Gasteiger partial charge in [0.25, 0.3) is 0 Å². The first-order valence-electron chi connectivity index (χ1n) is 4.10. The molecule has 2 rings (SSSR count). The topological polar surface area (TPSA) is 41.3 Å². The predicted octanol–water partition coefficient (Wildman–Crippen LogP) is -0.314. The third-order valence-electron chi connectivity index (χ3n) is 2.55. The Bertz CT molecular complexity index is 126. The quantitative estimate of drug-likeness (QED) is 0.454. The molecular weight excluding hydrogens is 126 g/mol. The van der Waals surface area contributed by atoms with Crippen LogP contribution in [0.15, 0.2) is 0 Å². The van der Waals surface area contributed by atoms with Crippen molar-refractivity contribution in [3.63, 3.8) is 0 Å². The minimum Gasteiger partial charge on any atom is -0.310 e. The molecule has 0 spiro atoms. The van der Waals surface area contributed by atoms with Gasteiger partial charge >= 0.3 is 0 Å². The molecule has 2 aliphatic rings. The van der Waals surface area contributed by atoms with E-state index in [9.17, 15) is 0 Å². The third kappa shape index (κ3) is 1.17. The smallest absolute Gasteiger partial charge is 0.0282 e. The van der Waals surface area contributed by atoms with E-state index in [-0.39, 0.29) is 0 Å². The largest absolute Gasteiger partial charge is 0.310 e. The molecule has 0 aromatic carbocycles. The summed E-state index contributed by atoms with van der Waals surface area (Å²) in [5.74, 6) is 5.71. The van der Waals surface area contributed by atoms with Gasteiger partial charge in [-0.25, -0.2) is 5.01 Å². The van der Waals surface area contributed by atoms with E-state index < -0.39 is 0 Å². The lowest BCUT2D eigenvalue weighted by Gasteiger charge is -2.17. The molecule has 3 heteroatoms. The SMILES string of the molecule is NN1CCC2CCC(C1)N2. The zero-order valence-electron chi connectivity index (χ0n) is 6.21. The van der Waals surface area contributed by atoms with Gasteiger partial charge in [0.2, 0.25) is 0 Å². The van der Waals surface area contributed by atoms with Crippen molar-refractivity contribution in [1.82, 2.24) is 10.3 Å². The molecule has 2 heterocycles. The molecule has 2 fully saturated rings. The van der Waals surface area contributed by atoms with Crippen LogP contribution in [0, 0.1) is 0 Å². The van der Waals surface area contributed by atoms with Crippen LogP contribution in [0.25, 0.3) is 0 Å². The lowest BCUT2D eigenvalue weighted by Crippen LogP contribution is -2.39. The van der Waals surface area contributed by atoms with Crippen LogP contribution in [0.3, 0.4) is 0 Å². The van der Waals surface area contributed by atoms with Gasteiger partial charge in [-0.05, 0) is 19.3 Å². The highest BCUT2D eigenvalue weighted by atomic mass is 15.4. The molecule has 0 aromatic heterocycles. The van der Waals surface area contributed by atoms with Gasteiger partial charge in [0.15, 0.2) is 0 Å². The summed E-state index contributed by atoms with van der Waals surface area (Å²) in [6.07, 6.45) is 3.91. The molecule has 0 radical (unpaired) electrons. The second-order valence-corrected chi connectivity index (χ2v) is 3.42. The Balaban J connectivity index is 1.99. The van der Waals surface area contributed by atoms with Crippen LogP contribution in [-0.4, -0.2) is 30.2 Å². The first-order valence-corrected chi connectivity index (χ1v) is 4.10. The maximum atomic E-state index is 5.71. The summed E-state index contributed by atoms with van der Waals surface area (Å²) >= 11 is 0. The molecule has 0 aromatic rings. The molecule has 0 aliphatic carbocycles. The molecule has 2 aliphatic heterocycles. The molecule has 0 amide bonds. The minimum absolute atomic E-state index is 0.678. The second kappa shape index (κ2) is 2.49. The fourth-order valence-corrected chi connectivity index (χ4v) is 1.97. The van der Waals surface area contributed by atoms with Gasteiger partial charge in [-0.2, -0.15) is 0 Å². The first-order chi connectivity index (χ1) is 4.84. The van der Waals surface area contributed by atoms with Crippen molar-refractivity contribution in [2.45, 2.75) is 31.3 Å². The lowest BCUT2D eigenvalue weighted by atomic mass is 10.1. The zero-order chi connectivity index (χ0) is 6.97. The number of hydrazine groups is 1. The van der Waals surface area contributed by atoms with Crippen molar-refractivity contribution in [1.29, 1.82) is 0 Å². The molecule has 2 saturated heterocycles. The number of rotatable bonds is 0. The van der Waals surface area contributed by atoms with Crippen LogP contribution in [0.1, 0.15) is 19.3 Å². The highest BCUT2D eigenvalue weighted by molar-refractivity contribution is 4.88. The normalized spacial score (nSPS) is 41.7. The fraction of sp³-hybridized carbons (Fsp3) is 1.00. The predicted molar refractivity (Wildman–Crippen MR) is 40.3 cm³/mol. The van der Waals surface area contributed by atoms with E-state index in [0.717, 1.165) is 19.1 Å². The Hall–Kier alpha value is -0.120. The molecule has 2 bridgehead atoms. The lowest BCUT2D eigenvalue weighted by molar-refractivity contribution is 0.267. The van der Waals surface area contributed by atoms with Crippen molar-refractivity contribution in [2.75, 3.05) is 13.1 Å². The summed E-state index contributed by atoms with van der Waals surface area (Å²) in [6.45, 7) is 2.10. The monoisotopic (exact) mass is 141 g/mol. The van der Waals surface area contributed by atoms with Gasteiger partial charge in [0.05, 0.1) is 0 Å². The first kappa shape index (κ1) is 6.58. The Morgan fingerprint density at radius 3 is 2.90 bits per heavy atom. The van der Waals surface area contributed by atoms with E-state index in [2.05, 4.69) is 5.32 Å². The van der Waals surface area contributed by atoms with Gasteiger partial charge in [-0.1, -0.05) is 0 Å². The summed E-state index contributed by atoms with van der Waals surface area (Å²) in [5.41, 5.74) is 0. The Labute approximate surface area is 61.5 Å². The summed E-state index contributed by atoms with van der Waals surface area (Å²) in [4.78, 5) is 0. The summed E-state index contributed by atoms with van der Waals surface area (Å²) < 4.78 is 0. The van der Waals surface area contributed by atoms with E-state index in [1.165, 1.54) is 19.3 Å². The Morgan fingerprint density at radius 1 is 1.20 bits per heavy atom. The maximum absolute atomic E-state index is 5.71. The molecule has 2 unspecified atom stereocenters. The maximum Gasteiger partial charge on any atom is 0.0282 e. The van der Waals surface area contributed by atoms with Crippen LogP contribution >= 0.6 is 0 Å². The molecule has 10 heavy (non-hydrogen) atoms. The second-order valence-electron chi connectivity index (χ2n) is 3.42. The molecule has 58 valence electrons. The van der Waals surface area contributed by atoms with E-state index in [0.29, 0.717) is 6.04 Å². The molecule has 3 N–H and O–H groups in total. The van der Waals surface area contributed by atoms with Gasteiger partial charge < -0.3 is 5.32 Å². The molecule has 2 atom stereocenters. The van der Waals surface area contributed by atoms with Crippen LogP contribution < -0.4 is 11.2 Å². The number of nitrogens with one attached hydrogen (secondary N) is 1. The average molecular weight is 141 g/mol. The zero-order valence-corrected chi connectivity index (χ0v) is 6.21. The van der Waals surface area contributed by atoms with Crippen LogP contribution in [0.2, 0.25) is 0 Å². The minimum atomic E-state index is 0.678. The Kier molecular flexibility index (Phi) is 1.64. The number of fused-ring (bicyclic) bond motifs is 2. The van der Waals surface area contributed by atoms with Crippen molar-refractivity contribution in [2.24, 2.45) is 5.84 Å². The molecular formula is C7H15N3. The standard InChI is InChI=1S/C7H15N3/c8-10-4-3-6-1-2-7(5-10)9-6/h6-7,9H,1-5,8H2. The summed E-state index contributed by atoms with van der Waals surface area (Å²) in [5, 5.41) is 5.50. The fourth-order valence-electron chi connectivity index (χ4n) is 1.97. The third-order valence-corrected chi connectivity index (χ3v) is 2.55. The van der Waals surface area contributed by atoms with Crippen LogP contribution in [-0.2, 0) is 0 Å². The van der Waals surface area contributed by atoms with E-state index in [1.807, 2.05) is 5.01 Å². The average Bonchev–Trinajstić information content (AvgIpc) is 2.22. The van der Waals surface area contributed by atoms with E-state index in [4.69, 9.17) is 5.84 Å². The van der Waals surface area contributed by atoms with Crippen molar-refractivity contribution in [3.8, 4) is 0 Å². The van der Waals surface area contributed by atoms with Crippen molar-refractivity contribution in [3.05, 3.63) is 0 Å². The Morgan fingerprint density at radius 2 is 2.00 bits per heavy atom. The van der Waals surface area contributed by atoms with Gasteiger partial charge in [0.1, 0.15) is 0 Å². The van der Waals surface area contributed by atoms with Gasteiger partial charge in [0, 0.05) is 25.2 Å². The van der Waals surface area contributed by atoms with E-state index >= 15 is 0 Å². The number of nitrogens with zero attached hydrogens (tertiary/aromatic N) is 1. The van der Waals surface area contributed by atoms with Crippen LogP contribution in [0.5, 0.6) is 0 Å². The number of hydrogen-bond donors (Lipinski definition) is 2. The van der Waals surface area contributed by atoms with Crippen LogP contribution in [0.4, 0.5) is 0 Å². The summed E-state index contributed by atoms with van der Waals surface area (Å²) in [6, 6.07) is 1.44. The van der Waals surface area contributed by atoms with Crippen molar-refractivity contribution < 1.29 is 0 Å². The van der Waals surface area contributed by atoms with Crippen molar-refractivity contribution >= 4 is 0 Å². The summed E-state index contributed by atoms with van der Waals surface area (Å²) in [7, 11) is 0. The number of hydrogen-bond acceptors (Lipinski definition) is 3. The highest BCUT2D eigenvalue weighted by Crippen LogP contribution is 2.18. The van der Waals surface area contributed by atoms with Gasteiger partial charge in [-0.15, -0.1) is 0 Å². The van der Waals surface area contributed by atoms with Gasteiger partial charge in [-0.3, -0.25) is 5.84 Å². The molecule has 3 nitrogen and oxygen atoms in total. The van der Waals surface area contributed by atoms with E-state index in [1.54, 1.807) is 0 Å². The molecule has 0 saturated carbocycles. The number of nitrogens with two attached hydrogens (primary N) is 1.